The zero-order chi connectivity index (χ0) is 18.4. The molecule has 0 aromatic carbocycles. The van der Waals surface area contributed by atoms with Gasteiger partial charge in [-0.15, -0.1) is 0 Å². The minimum Gasteiger partial charge on any atom is -0.474 e. The molecule has 1 aromatic rings. The van der Waals surface area contributed by atoms with E-state index in [-0.39, 0.29) is 12.2 Å². The Morgan fingerprint density at radius 1 is 1.28 bits per heavy atom. The lowest BCUT2D eigenvalue weighted by molar-refractivity contribution is -0.173. The Morgan fingerprint density at radius 3 is 2.52 bits per heavy atom. The van der Waals surface area contributed by atoms with Gasteiger partial charge in [-0.1, -0.05) is 0 Å². The Hall–Kier alpha value is -1.76. The molecule has 2 rings (SSSR count). The molecule has 0 spiro atoms. The van der Waals surface area contributed by atoms with Crippen molar-refractivity contribution in [3.8, 4) is 5.88 Å². The molecule has 0 saturated heterocycles. The largest absolute Gasteiger partial charge is 0.474 e. The van der Waals surface area contributed by atoms with Crippen LogP contribution < -0.4 is 4.74 Å². The van der Waals surface area contributed by atoms with E-state index >= 15 is 0 Å². The van der Waals surface area contributed by atoms with Gasteiger partial charge in [-0.25, -0.2) is 9.98 Å². The van der Waals surface area contributed by atoms with Crippen LogP contribution in [0.4, 0.5) is 14.5 Å². The van der Waals surface area contributed by atoms with Crippen molar-refractivity contribution in [2.75, 3.05) is 13.6 Å². The predicted molar refractivity (Wildman–Crippen MR) is 93.9 cm³/mol. The summed E-state index contributed by atoms with van der Waals surface area (Å²) in [4.78, 5) is 11.0. The highest BCUT2D eigenvalue weighted by Crippen LogP contribution is 2.29. The van der Waals surface area contributed by atoms with Gasteiger partial charge >= 0.3 is 6.61 Å². The van der Waals surface area contributed by atoms with E-state index in [0.717, 1.165) is 23.5 Å². The molecule has 0 aliphatic heterocycles. The fraction of sp³-hybridized carbons (Fsp3) is 0.667. The molecular weight excluding hydrogens is 328 g/mol. The number of hydrogen-bond donors (Lipinski definition) is 0. The van der Waals surface area contributed by atoms with Gasteiger partial charge < -0.3 is 14.4 Å². The van der Waals surface area contributed by atoms with Crippen LogP contribution in [0.3, 0.4) is 0 Å². The highest BCUT2D eigenvalue weighted by Gasteiger charge is 2.25. The summed E-state index contributed by atoms with van der Waals surface area (Å²) < 4.78 is 35.1. The molecule has 25 heavy (non-hydrogen) atoms. The molecule has 0 amide bonds. The summed E-state index contributed by atoms with van der Waals surface area (Å²) in [6.07, 6.45) is 3.95. The van der Waals surface area contributed by atoms with E-state index in [9.17, 15) is 8.78 Å². The van der Waals surface area contributed by atoms with Gasteiger partial charge in [0.2, 0.25) is 5.88 Å². The number of nitrogens with zero attached hydrogens (tertiary/aromatic N) is 3. The van der Waals surface area contributed by atoms with Crippen molar-refractivity contribution in [2.24, 2.45) is 4.99 Å². The zero-order valence-corrected chi connectivity index (χ0v) is 15.3. The normalized spacial score (nSPS) is 21.1. The standard InChI is InChI=1S/C18H27F2N3O2/c1-5-23(4)11-21-16-10-12(2)17(22-13(16)3)24-14-6-8-15(9-7-14)25-18(19)20/h10-11,14-15,18H,5-9H2,1-4H3/t14-,15-. The van der Waals surface area contributed by atoms with Gasteiger partial charge in [0.25, 0.3) is 0 Å². The summed E-state index contributed by atoms with van der Waals surface area (Å²) in [5, 5.41) is 0. The van der Waals surface area contributed by atoms with Crippen LogP contribution in [0.1, 0.15) is 43.9 Å². The molecule has 1 saturated carbocycles. The van der Waals surface area contributed by atoms with Gasteiger partial charge in [-0.05, 0) is 52.5 Å². The van der Waals surface area contributed by atoms with Crippen LogP contribution in [-0.4, -0.2) is 48.6 Å². The van der Waals surface area contributed by atoms with Gasteiger partial charge in [0.15, 0.2) is 0 Å². The SMILES string of the molecule is CCN(C)C=Nc1cc(C)c(O[C@H]2CC[C@H](OC(F)F)CC2)nc1C. The summed E-state index contributed by atoms with van der Waals surface area (Å²) in [6, 6.07) is 1.96. The number of alkyl halides is 2. The van der Waals surface area contributed by atoms with E-state index < -0.39 is 6.61 Å². The fourth-order valence-electron chi connectivity index (χ4n) is 2.75. The molecule has 0 atom stereocenters. The maximum Gasteiger partial charge on any atom is 0.345 e. The van der Waals surface area contributed by atoms with Crippen LogP contribution in [0.15, 0.2) is 11.1 Å². The Kier molecular flexibility index (Phi) is 7.11. The molecule has 1 heterocycles. The molecule has 0 N–H and O–H groups in total. The molecule has 0 unspecified atom stereocenters. The summed E-state index contributed by atoms with van der Waals surface area (Å²) in [7, 11) is 1.96. The quantitative estimate of drug-likeness (QED) is 0.542. The molecule has 1 aliphatic carbocycles. The second kappa shape index (κ2) is 9.08. The van der Waals surface area contributed by atoms with Crippen molar-refractivity contribution in [3.63, 3.8) is 0 Å². The number of ether oxygens (including phenoxy) is 2. The Balaban J connectivity index is 1.97. The van der Waals surface area contributed by atoms with Crippen LogP contribution in [0.5, 0.6) is 5.88 Å². The fourth-order valence-corrected chi connectivity index (χ4v) is 2.75. The van der Waals surface area contributed by atoms with E-state index in [1.54, 1.807) is 6.34 Å². The molecule has 0 bridgehead atoms. The van der Waals surface area contributed by atoms with Crippen LogP contribution >= 0.6 is 0 Å². The van der Waals surface area contributed by atoms with Crippen LogP contribution in [0.25, 0.3) is 0 Å². The first kappa shape index (κ1) is 19.6. The van der Waals surface area contributed by atoms with Crippen LogP contribution in [0.2, 0.25) is 0 Å². The lowest BCUT2D eigenvalue weighted by atomic mass is 9.95. The molecule has 140 valence electrons. The molecule has 0 radical (unpaired) electrons. The van der Waals surface area contributed by atoms with Gasteiger partial charge in [-0.3, -0.25) is 0 Å². The summed E-state index contributed by atoms with van der Waals surface area (Å²) >= 11 is 0. The number of pyridine rings is 1. The van der Waals surface area contributed by atoms with E-state index in [1.807, 2.05) is 31.9 Å². The predicted octanol–water partition coefficient (Wildman–Crippen LogP) is 4.24. The van der Waals surface area contributed by atoms with Crippen molar-refractivity contribution >= 4 is 12.0 Å². The highest BCUT2D eigenvalue weighted by molar-refractivity contribution is 5.62. The van der Waals surface area contributed by atoms with Crippen LogP contribution in [-0.2, 0) is 4.74 Å². The molecule has 5 nitrogen and oxygen atoms in total. The Bertz CT molecular complexity index is 588. The van der Waals surface area contributed by atoms with Crippen molar-refractivity contribution in [3.05, 3.63) is 17.3 Å². The number of rotatable bonds is 7. The highest BCUT2D eigenvalue weighted by atomic mass is 19.3. The van der Waals surface area contributed by atoms with Crippen LogP contribution in [0, 0.1) is 13.8 Å². The Morgan fingerprint density at radius 2 is 1.92 bits per heavy atom. The number of aryl methyl sites for hydroxylation is 2. The third-order valence-electron chi connectivity index (χ3n) is 4.42. The number of aromatic nitrogens is 1. The number of hydrogen-bond acceptors (Lipinski definition) is 4. The molecule has 7 heteroatoms. The van der Waals surface area contributed by atoms with Gasteiger partial charge in [0.1, 0.15) is 6.10 Å². The summed E-state index contributed by atoms with van der Waals surface area (Å²) in [5.74, 6) is 0.596. The molecular formula is C18H27F2N3O2. The van der Waals surface area contributed by atoms with Gasteiger partial charge in [0, 0.05) is 19.2 Å². The van der Waals surface area contributed by atoms with E-state index in [1.165, 1.54) is 0 Å². The first-order valence-corrected chi connectivity index (χ1v) is 8.72. The zero-order valence-electron chi connectivity index (χ0n) is 15.3. The monoisotopic (exact) mass is 355 g/mol. The second-order valence-electron chi connectivity index (χ2n) is 6.45. The van der Waals surface area contributed by atoms with E-state index in [0.29, 0.717) is 31.6 Å². The maximum absolute atomic E-state index is 12.3. The van der Waals surface area contributed by atoms with Crippen molar-refractivity contribution in [1.29, 1.82) is 0 Å². The summed E-state index contributed by atoms with van der Waals surface area (Å²) in [6.45, 7) is 4.08. The minimum absolute atomic E-state index is 0.0105. The molecule has 1 aliphatic rings. The maximum atomic E-state index is 12.3. The minimum atomic E-state index is -2.70. The third-order valence-corrected chi connectivity index (χ3v) is 4.42. The summed E-state index contributed by atoms with van der Waals surface area (Å²) in [5.41, 5.74) is 2.54. The van der Waals surface area contributed by atoms with Crippen molar-refractivity contribution < 1.29 is 18.3 Å². The van der Waals surface area contributed by atoms with Crippen molar-refractivity contribution in [2.45, 2.75) is 65.3 Å². The number of halogens is 2. The van der Waals surface area contributed by atoms with Crippen molar-refractivity contribution in [1.82, 2.24) is 9.88 Å². The smallest absolute Gasteiger partial charge is 0.345 e. The van der Waals surface area contributed by atoms with E-state index in [2.05, 4.69) is 21.6 Å². The average Bonchev–Trinajstić information content (AvgIpc) is 2.57. The average molecular weight is 355 g/mol. The Labute approximate surface area is 148 Å². The van der Waals surface area contributed by atoms with E-state index in [4.69, 9.17) is 4.74 Å². The topological polar surface area (TPSA) is 47.0 Å². The van der Waals surface area contributed by atoms with Gasteiger partial charge in [0.05, 0.1) is 23.8 Å². The molecule has 1 fully saturated rings. The van der Waals surface area contributed by atoms with Gasteiger partial charge in [-0.2, -0.15) is 8.78 Å². The first-order valence-electron chi connectivity index (χ1n) is 8.72. The number of aliphatic imine (C=N–C) groups is 1. The lowest BCUT2D eigenvalue weighted by Gasteiger charge is -2.28. The third kappa shape index (κ3) is 5.92. The second-order valence-corrected chi connectivity index (χ2v) is 6.45. The lowest BCUT2D eigenvalue weighted by Crippen LogP contribution is -2.29. The first-order chi connectivity index (χ1) is 11.9. The molecule has 1 aromatic heterocycles.